The molecule has 12 N–H and O–H groups in total. The van der Waals surface area contributed by atoms with Gasteiger partial charge in [0.25, 0.3) is 0 Å². The van der Waals surface area contributed by atoms with Crippen LogP contribution in [0.15, 0.2) is 5.11 Å². The highest BCUT2D eigenvalue weighted by molar-refractivity contribution is 4.98. The second-order valence-electron chi connectivity index (χ2n) is 11.3. The standard InChI is InChI=1S/C24H40FN3O19/c25-21-14(37)11(34)18(6(2-30)41-21)45-23-16(39)13(36)20(8(4-32)43-23)47-24-17(40)12(35)19(7(3-31)44-24)46-22-15(38)10(33)9(27-28-26)5(1-29)42-22/h5-24,29-40H,1-4H2/t5-,6-,7-,8-,9-,10+,11-,12-,13-,14-,15-,16-,17-,18-,19-,20-,21+,22+,23+,24+/m1/s1. The van der Waals surface area contributed by atoms with Crippen molar-refractivity contribution in [3.05, 3.63) is 10.4 Å². The minimum absolute atomic E-state index is 0.786. The molecule has 0 aromatic carbocycles. The third kappa shape index (κ3) is 7.79. The molecule has 0 aliphatic carbocycles. The van der Waals surface area contributed by atoms with Gasteiger partial charge in [-0.2, -0.15) is 0 Å². The van der Waals surface area contributed by atoms with Crippen molar-refractivity contribution in [2.75, 3.05) is 26.4 Å². The summed E-state index contributed by atoms with van der Waals surface area (Å²) in [5.74, 6) is 0. The van der Waals surface area contributed by atoms with Crippen molar-refractivity contribution in [2.45, 2.75) is 123 Å². The molecule has 20 atom stereocenters. The number of aliphatic hydroxyl groups is 12. The van der Waals surface area contributed by atoms with Crippen LogP contribution in [0.2, 0.25) is 0 Å². The van der Waals surface area contributed by atoms with Gasteiger partial charge in [-0.15, -0.1) is 0 Å². The molecule has 272 valence electrons. The zero-order valence-electron chi connectivity index (χ0n) is 24.3. The predicted octanol–water partition coefficient (Wildman–Crippen LogP) is -7.45. The number of rotatable bonds is 11. The van der Waals surface area contributed by atoms with E-state index in [0.29, 0.717) is 0 Å². The van der Waals surface area contributed by atoms with E-state index in [1.165, 1.54) is 0 Å². The van der Waals surface area contributed by atoms with Crippen LogP contribution in [0.1, 0.15) is 0 Å². The molecule has 4 fully saturated rings. The summed E-state index contributed by atoms with van der Waals surface area (Å²) >= 11 is 0. The van der Waals surface area contributed by atoms with Crippen LogP contribution in [-0.2, 0) is 33.2 Å². The number of nitrogens with zero attached hydrogens (tertiary/aromatic N) is 3. The topological polar surface area (TPSA) is 356 Å². The molecule has 4 heterocycles. The van der Waals surface area contributed by atoms with Gasteiger partial charge in [0.15, 0.2) is 18.9 Å². The van der Waals surface area contributed by atoms with E-state index < -0.39 is 149 Å². The van der Waals surface area contributed by atoms with E-state index in [-0.39, 0.29) is 0 Å². The van der Waals surface area contributed by atoms with Crippen LogP contribution in [0, 0.1) is 0 Å². The summed E-state index contributed by atoms with van der Waals surface area (Å²) in [6.07, 6.45) is -35.0. The van der Waals surface area contributed by atoms with Crippen molar-refractivity contribution < 1.29 is 98.8 Å². The van der Waals surface area contributed by atoms with E-state index >= 15 is 0 Å². The van der Waals surface area contributed by atoms with Crippen molar-refractivity contribution in [3.63, 3.8) is 0 Å². The summed E-state index contributed by atoms with van der Waals surface area (Å²) in [4.78, 5) is 2.52. The monoisotopic (exact) mass is 693 g/mol. The number of alkyl halides is 1. The van der Waals surface area contributed by atoms with Crippen molar-refractivity contribution in [3.8, 4) is 0 Å². The molecule has 0 radical (unpaired) electrons. The smallest absolute Gasteiger partial charge is 0.228 e. The molecule has 4 rings (SSSR count). The Morgan fingerprint density at radius 3 is 1.23 bits per heavy atom. The lowest BCUT2D eigenvalue weighted by atomic mass is 9.95. The van der Waals surface area contributed by atoms with E-state index in [2.05, 4.69) is 10.0 Å². The number of ether oxygens (including phenoxy) is 7. The number of azide groups is 1. The third-order valence-electron chi connectivity index (χ3n) is 8.35. The maximum atomic E-state index is 13.8. The molecule has 47 heavy (non-hydrogen) atoms. The minimum atomic E-state index is -2.38. The SMILES string of the molecule is [N-]=[N+]=N[C@H]1[C@H](O)[C@@H](O)[C@H](O[C@H]2[C@H](O)[C@@H](O)[C@H](O[C@H]3[C@H](O)[C@@H](O)[C@H](O[C@H]4[C@H](O)[C@@H](O)[C@@H](F)O[C@@H]4CO)O[C@@H]3CO)O[C@@H]2CO)O[C@@H]1CO. The highest BCUT2D eigenvalue weighted by Crippen LogP contribution is 2.34. The van der Waals surface area contributed by atoms with Gasteiger partial charge in [0.05, 0.1) is 44.7 Å². The molecule has 0 aromatic rings. The molecule has 4 saturated heterocycles. The number of aliphatic hydroxyl groups excluding tert-OH is 12. The lowest BCUT2D eigenvalue weighted by Gasteiger charge is -2.48. The molecule has 4 aliphatic heterocycles. The first-order valence-corrected chi connectivity index (χ1v) is 14.5. The molecule has 0 amide bonds. The van der Waals surface area contributed by atoms with Crippen LogP contribution in [0.4, 0.5) is 4.39 Å². The molecular weight excluding hydrogens is 653 g/mol. The lowest BCUT2D eigenvalue weighted by Crippen LogP contribution is -2.67. The van der Waals surface area contributed by atoms with Gasteiger partial charge in [0.2, 0.25) is 6.36 Å². The summed E-state index contributed by atoms with van der Waals surface area (Å²) in [6, 6.07) is -1.42. The van der Waals surface area contributed by atoms with Gasteiger partial charge in [0, 0.05) is 4.91 Å². The van der Waals surface area contributed by atoms with Gasteiger partial charge in [-0.05, 0) is 5.53 Å². The molecule has 0 aromatic heterocycles. The highest BCUT2D eigenvalue weighted by Gasteiger charge is 2.55. The second-order valence-corrected chi connectivity index (χ2v) is 11.3. The molecular formula is C24H40FN3O19. The van der Waals surface area contributed by atoms with Crippen LogP contribution in [-0.4, -0.2) is 211 Å². The van der Waals surface area contributed by atoms with Gasteiger partial charge in [-0.1, -0.05) is 5.11 Å². The Morgan fingerprint density at radius 2 is 0.851 bits per heavy atom. The molecule has 4 aliphatic rings. The Labute approximate surface area is 264 Å². The third-order valence-corrected chi connectivity index (χ3v) is 8.35. The second kappa shape index (κ2) is 16.5. The summed E-state index contributed by atoms with van der Waals surface area (Å²) in [7, 11) is 0. The van der Waals surface area contributed by atoms with Crippen molar-refractivity contribution in [1.29, 1.82) is 0 Å². The summed E-state index contributed by atoms with van der Waals surface area (Å²) in [5, 5.41) is 126. The molecule has 22 nitrogen and oxygen atoms in total. The van der Waals surface area contributed by atoms with Crippen LogP contribution in [0.25, 0.3) is 10.4 Å². The van der Waals surface area contributed by atoms with E-state index in [9.17, 15) is 65.7 Å². The highest BCUT2D eigenvalue weighted by atomic mass is 19.1. The molecule has 0 spiro atoms. The van der Waals surface area contributed by atoms with Crippen molar-refractivity contribution in [2.24, 2.45) is 5.11 Å². The molecule has 0 bridgehead atoms. The van der Waals surface area contributed by atoms with Crippen LogP contribution >= 0.6 is 0 Å². The number of halogens is 1. The maximum Gasteiger partial charge on any atom is 0.228 e. The molecule has 0 unspecified atom stereocenters. The fraction of sp³-hybridized carbons (Fsp3) is 1.00. The minimum Gasteiger partial charge on any atom is -0.394 e. The van der Waals surface area contributed by atoms with E-state index in [1.807, 2.05) is 0 Å². The van der Waals surface area contributed by atoms with Gasteiger partial charge < -0.3 is 94.4 Å². The van der Waals surface area contributed by atoms with Crippen LogP contribution < -0.4 is 0 Å². The number of hydrogen-bond acceptors (Lipinski definition) is 20. The molecule has 0 saturated carbocycles. The Morgan fingerprint density at radius 1 is 0.511 bits per heavy atom. The first kappa shape index (κ1) is 38.3. The number of hydrogen-bond donors (Lipinski definition) is 12. The quantitative estimate of drug-likeness (QED) is 0.0543. The summed E-state index contributed by atoms with van der Waals surface area (Å²) < 4.78 is 51.4. The van der Waals surface area contributed by atoms with Gasteiger partial charge in [-0.25, -0.2) is 4.39 Å². The first-order chi connectivity index (χ1) is 22.3. The maximum absolute atomic E-state index is 13.8. The lowest BCUT2D eigenvalue weighted by molar-refractivity contribution is -0.384. The Bertz CT molecular complexity index is 1040. The normalized spacial score (nSPS) is 50.9. The fourth-order valence-corrected chi connectivity index (χ4v) is 5.72. The van der Waals surface area contributed by atoms with Gasteiger partial charge in [-0.3, -0.25) is 0 Å². The Hall–Kier alpha value is -1.52. The van der Waals surface area contributed by atoms with Gasteiger partial charge >= 0.3 is 0 Å². The van der Waals surface area contributed by atoms with Crippen LogP contribution in [0.5, 0.6) is 0 Å². The van der Waals surface area contributed by atoms with E-state index in [1.54, 1.807) is 0 Å². The summed E-state index contributed by atoms with van der Waals surface area (Å²) in [5.41, 5.74) is 8.70. The molecule has 23 heteroatoms. The fourth-order valence-electron chi connectivity index (χ4n) is 5.72. The average Bonchev–Trinajstić information content (AvgIpc) is 3.06. The zero-order valence-corrected chi connectivity index (χ0v) is 24.3. The van der Waals surface area contributed by atoms with Crippen molar-refractivity contribution >= 4 is 0 Å². The predicted molar refractivity (Wildman–Crippen MR) is 140 cm³/mol. The van der Waals surface area contributed by atoms with Crippen LogP contribution in [0.3, 0.4) is 0 Å². The summed E-state index contributed by atoms with van der Waals surface area (Å²) in [6.45, 7) is -3.53. The average molecular weight is 694 g/mol. The van der Waals surface area contributed by atoms with E-state index in [4.69, 9.17) is 38.7 Å². The first-order valence-electron chi connectivity index (χ1n) is 14.5. The Balaban J connectivity index is 1.44. The van der Waals surface area contributed by atoms with Crippen molar-refractivity contribution in [1.82, 2.24) is 0 Å². The largest absolute Gasteiger partial charge is 0.394 e. The van der Waals surface area contributed by atoms with Gasteiger partial charge in [0.1, 0.15) is 79.4 Å². The van der Waals surface area contributed by atoms with E-state index in [0.717, 1.165) is 0 Å². The Kier molecular flexibility index (Phi) is 13.4. The zero-order chi connectivity index (χ0) is 34.7.